The highest BCUT2D eigenvalue weighted by Gasteiger charge is 2.24. The van der Waals surface area contributed by atoms with Crippen molar-refractivity contribution in [3.8, 4) is 0 Å². The van der Waals surface area contributed by atoms with Crippen LogP contribution in [0, 0.1) is 0 Å². The second kappa shape index (κ2) is 10.2. The first-order valence-electron chi connectivity index (χ1n) is 10.5. The molecule has 8 heteroatoms. The van der Waals surface area contributed by atoms with E-state index in [1.807, 2.05) is 29.2 Å². The molecule has 1 aliphatic heterocycles. The number of piperazine rings is 1. The van der Waals surface area contributed by atoms with Crippen LogP contribution in [0.1, 0.15) is 22.0 Å². The Morgan fingerprint density at radius 3 is 2.33 bits per heavy atom. The summed E-state index contributed by atoms with van der Waals surface area (Å²) in [6, 6.07) is 22.0. The van der Waals surface area contributed by atoms with Gasteiger partial charge in [-0.2, -0.15) is 0 Å². The van der Waals surface area contributed by atoms with Crippen LogP contribution in [0.25, 0.3) is 0 Å². The minimum absolute atomic E-state index is 0.0606. The molecule has 0 spiro atoms. The maximum Gasteiger partial charge on any atom is 0.252 e. The van der Waals surface area contributed by atoms with Crippen LogP contribution in [0.4, 0.5) is 11.4 Å². The standard InChI is InChI=1S/C25H23ClN4O3/c26-20-15-19(11-12-21(20)30-14-13-27-22(31)16-30)28-25(33)23(17-7-3-1-4-8-17)29-24(32)18-9-5-2-6-10-18/h1-12,15,23H,13-14,16H2,(H,27,31)(H,28,33)(H,29,32). The van der Waals surface area contributed by atoms with Gasteiger partial charge in [-0.3, -0.25) is 14.4 Å². The second-order valence-corrected chi connectivity index (χ2v) is 8.02. The van der Waals surface area contributed by atoms with Crippen molar-refractivity contribution in [2.75, 3.05) is 29.9 Å². The van der Waals surface area contributed by atoms with Gasteiger partial charge in [0, 0.05) is 24.3 Å². The van der Waals surface area contributed by atoms with Crippen LogP contribution >= 0.6 is 11.6 Å². The molecule has 0 aromatic heterocycles. The lowest BCUT2D eigenvalue weighted by atomic mass is 10.0. The number of amides is 3. The number of hydrogen-bond donors (Lipinski definition) is 3. The smallest absolute Gasteiger partial charge is 0.252 e. The fourth-order valence-electron chi connectivity index (χ4n) is 3.65. The summed E-state index contributed by atoms with van der Waals surface area (Å²) in [6.45, 7) is 1.43. The van der Waals surface area contributed by atoms with E-state index in [1.54, 1.807) is 54.6 Å². The van der Waals surface area contributed by atoms with Crippen molar-refractivity contribution in [1.29, 1.82) is 0 Å². The summed E-state index contributed by atoms with van der Waals surface area (Å²) in [6.07, 6.45) is 0. The fraction of sp³-hybridized carbons (Fsp3) is 0.160. The lowest BCUT2D eigenvalue weighted by molar-refractivity contribution is -0.120. The number of rotatable bonds is 6. The first-order valence-corrected chi connectivity index (χ1v) is 10.9. The third kappa shape index (κ3) is 5.51. The summed E-state index contributed by atoms with van der Waals surface area (Å²) in [7, 11) is 0. The van der Waals surface area contributed by atoms with E-state index >= 15 is 0 Å². The van der Waals surface area contributed by atoms with Gasteiger partial charge in [0.1, 0.15) is 6.04 Å². The van der Waals surface area contributed by atoms with Gasteiger partial charge in [0.05, 0.1) is 17.3 Å². The Morgan fingerprint density at radius 1 is 0.970 bits per heavy atom. The first-order chi connectivity index (χ1) is 16.0. The zero-order chi connectivity index (χ0) is 23.2. The van der Waals surface area contributed by atoms with E-state index < -0.39 is 11.9 Å². The van der Waals surface area contributed by atoms with Gasteiger partial charge in [0.25, 0.3) is 11.8 Å². The molecule has 0 bridgehead atoms. The molecule has 3 aromatic rings. The van der Waals surface area contributed by atoms with Crippen LogP contribution in [0.5, 0.6) is 0 Å². The number of anilines is 2. The third-order valence-electron chi connectivity index (χ3n) is 5.30. The van der Waals surface area contributed by atoms with Crippen molar-refractivity contribution < 1.29 is 14.4 Å². The Labute approximate surface area is 196 Å². The minimum atomic E-state index is -0.900. The number of halogens is 1. The van der Waals surface area contributed by atoms with Crippen molar-refractivity contribution in [1.82, 2.24) is 10.6 Å². The second-order valence-electron chi connectivity index (χ2n) is 7.61. The zero-order valence-electron chi connectivity index (χ0n) is 17.8. The van der Waals surface area contributed by atoms with Crippen LogP contribution in [-0.4, -0.2) is 37.4 Å². The van der Waals surface area contributed by atoms with Crippen LogP contribution < -0.4 is 20.9 Å². The van der Waals surface area contributed by atoms with Crippen molar-refractivity contribution in [2.24, 2.45) is 0 Å². The normalized spacial score (nSPS) is 14.2. The predicted octanol–water partition coefficient (Wildman–Crippen LogP) is 3.39. The molecular weight excluding hydrogens is 440 g/mol. The topological polar surface area (TPSA) is 90.5 Å². The number of carbonyl (C=O) groups is 3. The van der Waals surface area contributed by atoms with E-state index in [0.29, 0.717) is 34.9 Å². The van der Waals surface area contributed by atoms with Crippen LogP contribution in [0.15, 0.2) is 78.9 Å². The third-order valence-corrected chi connectivity index (χ3v) is 5.60. The quantitative estimate of drug-likeness (QED) is 0.523. The molecule has 33 heavy (non-hydrogen) atoms. The minimum Gasteiger partial charge on any atom is -0.359 e. The molecule has 3 amide bonds. The van der Waals surface area contributed by atoms with Gasteiger partial charge in [-0.05, 0) is 35.9 Å². The van der Waals surface area contributed by atoms with Crippen LogP contribution in [0.3, 0.4) is 0 Å². The average Bonchev–Trinajstić information content (AvgIpc) is 2.83. The highest BCUT2D eigenvalue weighted by Crippen LogP contribution is 2.30. The summed E-state index contributed by atoms with van der Waals surface area (Å²) < 4.78 is 0. The van der Waals surface area contributed by atoms with E-state index in [-0.39, 0.29) is 18.4 Å². The highest BCUT2D eigenvalue weighted by molar-refractivity contribution is 6.33. The Hall–Kier alpha value is -3.84. The van der Waals surface area contributed by atoms with Gasteiger partial charge >= 0.3 is 0 Å². The molecule has 0 radical (unpaired) electrons. The van der Waals surface area contributed by atoms with E-state index in [1.165, 1.54) is 0 Å². The maximum absolute atomic E-state index is 13.2. The summed E-state index contributed by atoms with van der Waals surface area (Å²) in [5, 5.41) is 8.86. The molecule has 1 unspecified atom stereocenters. The van der Waals surface area contributed by atoms with E-state index in [4.69, 9.17) is 11.6 Å². The summed E-state index contributed by atoms with van der Waals surface area (Å²) >= 11 is 6.46. The lowest BCUT2D eigenvalue weighted by Crippen LogP contribution is -2.47. The predicted molar refractivity (Wildman–Crippen MR) is 128 cm³/mol. The van der Waals surface area contributed by atoms with Gasteiger partial charge < -0.3 is 20.9 Å². The molecule has 7 nitrogen and oxygen atoms in total. The molecular formula is C25H23ClN4O3. The maximum atomic E-state index is 13.2. The van der Waals surface area contributed by atoms with Gasteiger partial charge in [0.2, 0.25) is 5.91 Å². The number of nitrogens with one attached hydrogen (secondary N) is 3. The van der Waals surface area contributed by atoms with Gasteiger partial charge in [-0.15, -0.1) is 0 Å². The van der Waals surface area contributed by atoms with E-state index in [0.717, 1.165) is 5.69 Å². The Kier molecular flexibility index (Phi) is 6.90. The molecule has 3 aromatic carbocycles. The fourth-order valence-corrected chi connectivity index (χ4v) is 3.95. The van der Waals surface area contributed by atoms with Crippen molar-refractivity contribution in [3.05, 3.63) is 95.0 Å². The highest BCUT2D eigenvalue weighted by atomic mass is 35.5. The van der Waals surface area contributed by atoms with Crippen LogP contribution in [0.2, 0.25) is 5.02 Å². The number of nitrogens with zero attached hydrogens (tertiary/aromatic N) is 1. The number of carbonyl (C=O) groups excluding carboxylic acids is 3. The van der Waals surface area contributed by atoms with Crippen molar-refractivity contribution in [2.45, 2.75) is 6.04 Å². The molecule has 3 N–H and O–H groups in total. The van der Waals surface area contributed by atoms with Gasteiger partial charge in [0.15, 0.2) is 0 Å². The number of hydrogen-bond acceptors (Lipinski definition) is 4. The average molecular weight is 463 g/mol. The molecule has 4 rings (SSSR count). The monoisotopic (exact) mass is 462 g/mol. The van der Waals surface area contributed by atoms with Crippen molar-refractivity contribution in [3.63, 3.8) is 0 Å². The zero-order valence-corrected chi connectivity index (χ0v) is 18.5. The van der Waals surface area contributed by atoms with Crippen molar-refractivity contribution >= 4 is 40.7 Å². The summed E-state index contributed by atoms with van der Waals surface area (Å²) in [5.74, 6) is -0.808. The van der Waals surface area contributed by atoms with Crippen LogP contribution in [-0.2, 0) is 9.59 Å². The Bertz CT molecular complexity index is 1150. The Morgan fingerprint density at radius 2 is 1.67 bits per heavy atom. The molecule has 1 heterocycles. The van der Waals surface area contributed by atoms with E-state index in [9.17, 15) is 14.4 Å². The molecule has 1 aliphatic rings. The molecule has 0 aliphatic carbocycles. The summed E-state index contributed by atoms with van der Waals surface area (Å²) in [4.78, 5) is 39.5. The van der Waals surface area contributed by atoms with E-state index in [2.05, 4.69) is 16.0 Å². The molecule has 1 fully saturated rings. The Balaban J connectivity index is 1.52. The molecule has 1 atom stereocenters. The summed E-state index contributed by atoms with van der Waals surface area (Å²) in [5.41, 5.74) is 2.33. The largest absolute Gasteiger partial charge is 0.359 e. The first kappa shape index (κ1) is 22.4. The van der Waals surface area contributed by atoms with Gasteiger partial charge in [-0.25, -0.2) is 0 Å². The SMILES string of the molecule is O=C1CN(c2ccc(NC(=O)C(NC(=O)c3ccccc3)c3ccccc3)cc2Cl)CCN1. The van der Waals surface area contributed by atoms with Gasteiger partial charge in [-0.1, -0.05) is 60.1 Å². The molecule has 0 saturated carbocycles. The lowest BCUT2D eigenvalue weighted by Gasteiger charge is -2.29. The molecule has 168 valence electrons. The molecule has 1 saturated heterocycles. The number of benzene rings is 3.